The summed E-state index contributed by atoms with van der Waals surface area (Å²) in [5.74, 6) is 1.21. The van der Waals surface area contributed by atoms with Crippen molar-refractivity contribution >= 4 is 5.91 Å². The summed E-state index contributed by atoms with van der Waals surface area (Å²) in [6.07, 6.45) is 1.59. The molecule has 6 heteroatoms. The molecule has 0 aliphatic heterocycles. The van der Waals surface area contributed by atoms with E-state index in [0.29, 0.717) is 23.7 Å². The van der Waals surface area contributed by atoms with E-state index in [4.69, 9.17) is 9.47 Å². The molecular weight excluding hydrogens is 258 g/mol. The minimum atomic E-state index is -0.178. The Hall–Kier alpha value is -2.50. The number of aryl methyl sites for hydroxylation is 1. The van der Waals surface area contributed by atoms with E-state index in [0.717, 1.165) is 5.56 Å². The molecule has 0 unspecified atom stereocenters. The summed E-state index contributed by atoms with van der Waals surface area (Å²) in [7, 11) is 4.91. The Morgan fingerprint density at radius 3 is 2.70 bits per heavy atom. The summed E-state index contributed by atoms with van der Waals surface area (Å²) < 4.78 is 11.9. The van der Waals surface area contributed by atoms with Gasteiger partial charge < -0.3 is 14.8 Å². The zero-order valence-corrected chi connectivity index (χ0v) is 11.7. The van der Waals surface area contributed by atoms with Crippen molar-refractivity contribution in [2.24, 2.45) is 7.05 Å². The van der Waals surface area contributed by atoms with Crippen LogP contribution < -0.4 is 14.8 Å². The number of nitrogens with zero attached hydrogens (tertiary/aromatic N) is 2. The predicted molar refractivity (Wildman–Crippen MR) is 73.9 cm³/mol. The zero-order chi connectivity index (χ0) is 14.5. The monoisotopic (exact) mass is 275 g/mol. The molecule has 6 nitrogen and oxygen atoms in total. The van der Waals surface area contributed by atoms with Gasteiger partial charge in [0.25, 0.3) is 5.91 Å². The van der Waals surface area contributed by atoms with Gasteiger partial charge in [-0.2, -0.15) is 5.10 Å². The third kappa shape index (κ3) is 2.90. The number of nitrogens with one attached hydrogen (secondary N) is 1. The number of hydrogen-bond acceptors (Lipinski definition) is 4. The number of benzene rings is 1. The third-order valence-corrected chi connectivity index (χ3v) is 2.99. The number of aromatic nitrogens is 2. The Morgan fingerprint density at radius 1 is 1.30 bits per heavy atom. The third-order valence-electron chi connectivity index (χ3n) is 2.99. The molecule has 0 atom stereocenters. The highest BCUT2D eigenvalue weighted by Gasteiger charge is 2.11. The minimum Gasteiger partial charge on any atom is -0.497 e. The molecule has 0 saturated heterocycles. The highest BCUT2D eigenvalue weighted by Crippen LogP contribution is 2.24. The van der Waals surface area contributed by atoms with Crippen LogP contribution in [0.15, 0.2) is 30.5 Å². The second kappa shape index (κ2) is 6.10. The lowest BCUT2D eigenvalue weighted by atomic mass is 10.2. The van der Waals surface area contributed by atoms with E-state index in [1.165, 1.54) is 4.68 Å². The van der Waals surface area contributed by atoms with E-state index in [2.05, 4.69) is 10.4 Å². The second-order valence-corrected chi connectivity index (χ2v) is 4.20. The van der Waals surface area contributed by atoms with Crippen LogP contribution in [0.25, 0.3) is 0 Å². The van der Waals surface area contributed by atoms with Gasteiger partial charge in [0.1, 0.15) is 17.2 Å². The molecule has 0 radical (unpaired) electrons. The predicted octanol–water partition coefficient (Wildman–Crippen LogP) is 1.37. The fourth-order valence-corrected chi connectivity index (χ4v) is 1.86. The first-order valence-electron chi connectivity index (χ1n) is 6.13. The maximum atomic E-state index is 12.0. The van der Waals surface area contributed by atoms with Gasteiger partial charge >= 0.3 is 0 Å². The van der Waals surface area contributed by atoms with E-state index in [9.17, 15) is 4.79 Å². The van der Waals surface area contributed by atoms with Crippen LogP contribution in [0.5, 0.6) is 11.5 Å². The van der Waals surface area contributed by atoms with E-state index in [-0.39, 0.29) is 5.91 Å². The molecule has 0 saturated carbocycles. The Labute approximate surface area is 117 Å². The molecular formula is C14H17N3O3. The SMILES string of the molecule is COc1ccc(CNC(=O)c2ccnn2C)c(OC)c1. The molecule has 106 valence electrons. The largest absolute Gasteiger partial charge is 0.497 e. The zero-order valence-electron chi connectivity index (χ0n) is 11.7. The molecule has 0 aliphatic rings. The van der Waals surface area contributed by atoms with Crippen LogP contribution in [0.3, 0.4) is 0 Å². The fraction of sp³-hybridized carbons (Fsp3) is 0.286. The first-order chi connectivity index (χ1) is 9.65. The van der Waals surface area contributed by atoms with Crippen molar-refractivity contribution in [2.45, 2.75) is 6.54 Å². The van der Waals surface area contributed by atoms with E-state index < -0.39 is 0 Å². The van der Waals surface area contributed by atoms with Crippen LogP contribution in [-0.4, -0.2) is 29.9 Å². The Bertz CT molecular complexity index is 607. The first kappa shape index (κ1) is 13.9. The average Bonchev–Trinajstić information content (AvgIpc) is 2.90. The Balaban J connectivity index is 2.07. The lowest BCUT2D eigenvalue weighted by Crippen LogP contribution is -2.25. The second-order valence-electron chi connectivity index (χ2n) is 4.20. The van der Waals surface area contributed by atoms with Crippen molar-refractivity contribution in [3.05, 3.63) is 41.7 Å². The number of carbonyl (C=O) groups excluding carboxylic acids is 1. The number of amides is 1. The number of methoxy groups -OCH3 is 2. The summed E-state index contributed by atoms with van der Waals surface area (Å²) in [6.45, 7) is 0.372. The molecule has 1 aromatic heterocycles. The highest BCUT2D eigenvalue weighted by atomic mass is 16.5. The van der Waals surface area contributed by atoms with Crippen molar-refractivity contribution in [3.63, 3.8) is 0 Å². The van der Waals surface area contributed by atoms with Gasteiger partial charge in [-0.25, -0.2) is 0 Å². The molecule has 1 amide bonds. The van der Waals surface area contributed by atoms with Crippen LogP contribution in [0.1, 0.15) is 16.1 Å². The summed E-state index contributed by atoms with van der Waals surface area (Å²) in [5, 5.41) is 6.80. The number of rotatable bonds is 5. The van der Waals surface area contributed by atoms with Crippen molar-refractivity contribution in [1.29, 1.82) is 0 Å². The molecule has 1 N–H and O–H groups in total. The van der Waals surface area contributed by atoms with Gasteiger partial charge in [-0.1, -0.05) is 0 Å². The molecule has 0 spiro atoms. The maximum Gasteiger partial charge on any atom is 0.269 e. The van der Waals surface area contributed by atoms with Gasteiger partial charge in [0.2, 0.25) is 0 Å². The van der Waals surface area contributed by atoms with E-state index in [1.807, 2.05) is 12.1 Å². The first-order valence-corrected chi connectivity index (χ1v) is 6.13. The van der Waals surface area contributed by atoms with Gasteiger partial charge in [-0.15, -0.1) is 0 Å². The van der Waals surface area contributed by atoms with Crippen LogP contribution in [-0.2, 0) is 13.6 Å². The van der Waals surface area contributed by atoms with Crippen LogP contribution in [0.4, 0.5) is 0 Å². The van der Waals surface area contributed by atoms with Crippen LogP contribution >= 0.6 is 0 Å². The quantitative estimate of drug-likeness (QED) is 0.895. The molecule has 0 bridgehead atoms. The molecule has 1 heterocycles. The fourth-order valence-electron chi connectivity index (χ4n) is 1.86. The lowest BCUT2D eigenvalue weighted by Gasteiger charge is -2.11. The van der Waals surface area contributed by atoms with E-state index >= 15 is 0 Å². The molecule has 2 rings (SSSR count). The van der Waals surface area contributed by atoms with Gasteiger partial charge in [-0.3, -0.25) is 9.48 Å². The summed E-state index contributed by atoms with van der Waals surface area (Å²) in [5.41, 5.74) is 1.39. The molecule has 0 fully saturated rings. The maximum absolute atomic E-state index is 12.0. The molecule has 2 aromatic rings. The Kier molecular flexibility index (Phi) is 4.24. The number of hydrogen-bond donors (Lipinski definition) is 1. The molecule has 20 heavy (non-hydrogen) atoms. The summed E-state index contributed by atoms with van der Waals surface area (Å²) in [6, 6.07) is 7.14. The number of ether oxygens (including phenoxy) is 2. The smallest absolute Gasteiger partial charge is 0.269 e. The Morgan fingerprint density at radius 2 is 2.10 bits per heavy atom. The van der Waals surface area contributed by atoms with Gasteiger partial charge in [0, 0.05) is 31.4 Å². The van der Waals surface area contributed by atoms with Crippen molar-refractivity contribution in [3.8, 4) is 11.5 Å². The average molecular weight is 275 g/mol. The van der Waals surface area contributed by atoms with Crippen LogP contribution in [0.2, 0.25) is 0 Å². The summed E-state index contributed by atoms with van der Waals surface area (Å²) in [4.78, 5) is 12.0. The van der Waals surface area contributed by atoms with Gasteiger partial charge in [0.05, 0.1) is 14.2 Å². The van der Waals surface area contributed by atoms with Crippen molar-refractivity contribution < 1.29 is 14.3 Å². The minimum absolute atomic E-state index is 0.178. The van der Waals surface area contributed by atoms with Crippen LogP contribution in [0, 0.1) is 0 Å². The van der Waals surface area contributed by atoms with Gasteiger partial charge in [-0.05, 0) is 18.2 Å². The lowest BCUT2D eigenvalue weighted by molar-refractivity contribution is 0.0941. The molecule has 1 aromatic carbocycles. The standard InChI is InChI=1S/C14H17N3O3/c1-17-12(6-7-16-17)14(18)15-9-10-4-5-11(19-2)8-13(10)20-3/h4-8H,9H2,1-3H3,(H,15,18). The van der Waals surface area contributed by atoms with E-state index in [1.54, 1.807) is 39.6 Å². The normalized spacial score (nSPS) is 10.2. The van der Waals surface area contributed by atoms with Crippen molar-refractivity contribution in [2.75, 3.05) is 14.2 Å². The summed E-state index contributed by atoms with van der Waals surface area (Å²) >= 11 is 0. The van der Waals surface area contributed by atoms with Crippen molar-refractivity contribution in [1.82, 2.24) is 15.1 Å². The highest BCUT2D eigenvalue weighted by molar-refractivity contribution is 5.92. The number of carbonyl (C=O) groups is 1. The van der Waals surface area contributed by atoms with Gasteiger partial charge in [0.15, 0.2) is 0 Å². The molecule has 0 aliphatic carbocycles. The topological polar surface area (TPSA) is 65.4 Å².